The Balaban J connectivity index is 2.32. The molecule has 72 valence electrons. The molecule has 0 bridgehead atoms. The molecular weight excluding hydrogens is 168 g/mol. The van der Waals surface area contributed by atoms with E-state index in [0.29, 0.717) is 6.42 Å². The second-order valence-electron chi connectivity index (χ2n) is 2.94. The van der Waals surface area contributed by atoms with Gasteiger partial charge < -0.3 is 9.67 Å². The van der Waals surface area contributed by atoms with E-state index in [2.05, 4.69) is 4.98 Å². The zero-order valence-corrected chi connectivity index (χ0v) is 7.73. The van der Waals surface area contributed by atoms with Crippen LogP contribution in [0.1, 0.15) is 25.5 Å². The van der Waals surface area contributed by atoms with Gasteiger partial charge in [0.25, 0.3) is 0 Å². The normalized spacial score (nSPS) is 10.2. The number of hydrogen-bond donors (Lipinski definition) is 1. The van der Waals surface area contributed by atoms with Crippen molar-refractivity contribution in [3.63, 3.8) is 0 Å². The summed E-state index contributed by atoms with van der Waals surface area (Å²) in [5.41, 5.74) is 0.975. The number of nitrogens with zero attached hydrogens (tertiary/aromatic N) is 2. The predicted molar refractivity (Wildman–Crippen MR) is 48.5 cm³/mol. The van der Waals surface area contributed by atoms with E-state index in [1.807, 2.05) is 17.7 Å². The SMILES string of the molecule is CCn1cnc(CCCC(=O)O)c1. The van der Waals surface area contributed by atoms with Gasteiger partial charge in [-0.25, -0.2) is 4.98 Å². The summed E-state index contributed by atoms with van der Waals surface area (Å²) in [5.74, 6) is -0.741. The van der Waals surface area contributed by atoms with E-state index in [4.69, 9.17) is 5.11 Å². The van der Waals surface area contributed by atoms with Crippen LogP contribution in [0.4, 0.5) is 0 Å². The average Bonchev–Trinajstić information content (AvgIpc) is 2.52. The fraction of sp³-hybridized carbons (Fsp3) is 0.556. The monoisotopic (exact) mass is 182 g/mol. The molecule has 0 fully saturated rings. The molecule has 0 unspecified atom stereocenters. The summed E-state index contributed by atoms with van der Waals surface area (Å²) in [5, 5.41) is 8.42. The molecule has 4 nitrogen and oxygen atoms in total. The third-order valence-corrected chi connectivity index (χ3v) is 1.88. The van der Waals surface area contributed by atoms with Crippen molar-refractivity contribution in [2.45, 2.75) is 32.7 Å². The highest BCUT2D eigenvalue weighted by Crippen LogP contribution is 2.02. The lowest BCUT2D eigenvalue weighted by Gasteiger charge is -1.93. The van der Waals surface area contributed by atoms with Gasteiger partial charge in [0.2, 0.25) is 0 Å². The van der Waals surface area contributed by atoms with Crippen LogP contribution in [0.15, 0.2) is 12.5 Å². The van der Waals surface area contributed by atoms with E-state index < -0.39 is 5.97 Å². The van der Waals surface area contributed by atoms with Gasteiger partial charge in [-0.05, 0) is 19.8 Å². The Morgan fingerprint density at radius 1 is 1.69 bits per heavy atom. The second kappa shape index (κ2) is 4.64. The molecule has 0 amide bonds. The van der Waals surface area contributed by atoms with Crippen LogP contribution in [0.3, 0.4) is 0 Å². The Kier molecular flexibility index (Phi) is 3.49. The molecular formula is C9H14N2O2. The van der Waals surface area contributed by atoms with Crippen molar-refractivity contribution >= 4 is 5.97 Å². The number of aliphatic carboxylic acids is 1. The van der Waals surface area contributed by atoms with Crippen LogP contribution in [0, 0.1) is 0 Å². The zero-order chi connectivity index (χ0) is 9.68. The molecule has 0 spiro atoms. The van der Waals surface area contributed by atoms with Crippen LogP contribution in [0.5, 0.6) is 0 Å². The lowest BCUT2D eigenvalue weighted by atomic mass is 10.2. The van der Waals surface area contributed by atoms with Gasteiger partial charge in [0, 0.05) is 19.2 Å². The van der Waals surface area contributed by atoms with Crippen molar-refractivity contribution in [2.24, 2.45) is 0 Å². The Morgan fingerprint density at radius 3 is 3.00 bits per heavy atom. The lowest BCUT2D eigenvalue weighted by molar-refractivity contribution is -0.137. The summed E-state index contributed by atoms with van der Waals surface area (Å²) >= 11 is 0. The molecule has 1 heterocycles. The van der Waals surface area contributed by atoms with E-state index in [-0.39, 0.29) is 6.42 Å². The Morgan fingerprint density at radius 2 is 2.46 bits per heavy atom. The zero-order valence-electron chi connectivity index (χ0n) is 7.73. The maximum Gasteiger partial charge on any atom is 0.303 e. The summed E-state index contributed by atoms with van der Waals surface area (Å²) in [4.78, 5) is 14.4. The van der Waals surface area contributed by atoms with Gasteiger partial charge in [0.15, 0.2) is 0 Å². The topological polar surface area (TPSA) is 55.1 Å². The van der Waals surface area contributed by atoms with Crippen molar-refractivity contribution in [1.29, 1.82) is 0 Å². The maximum absolute atomic E-state index is 10.2. The van der Waals surface area contributed by atoms with Crippen LogP contribution < -0.4 is 0 Å². The van der Waals surface area contributed by atoms with E-state index in [1.165, 1.54) is 0 Å². The number of carboxylic acid groups (broad SMARTS) is 1. The van der Waals surface area contributed by atoms with Crippen LogP contribution in [0.25, 0.3) is 0 Å². The molecule has 0 aliphatic rings. The molecule has 1 aromatic heterocycles. The van der Waals surface area contributed by atoms with Gasteiger partial charge in [-0.15, -0.1) is 0 Å². The van der Waals surface area contributed by atoms with Gasteiger partial charge in [-0.1, -0.05) is 0 Å². The molecule has 0 radical (unpaired) electrons. The van der Waals surface area contributed by atoms with E-state index in [0.717, 1.165) is 18.7 Å². The van der Waals surface area contributed by atoms with Crippen molar-refractivity contribution in [3.05, 3.63) is 18.2 Å². The maximum atomic E-state index is 10.2. The molecule has 0 aliphatic heterocycles. The predicted octanol–water partition coefficient (Wildman–Crippen LogP) is 1.31. The van der Waals surface area contributed by atoms with Crippen molar-refractivity contribution < 1.29 is 9.90 Å². The quantitative estimate of drug-likeness (QED) is 0.747. The van der Waals surface area contributed by atoms with Gasteiger partial charge in [0.05, 0.1) is 12.0 Å². The molecule has 0 saturated carbocycles. The summed E-state index contributed by atoms with van der Waals surface area (Å²) in [7, 11) is 0. The standard InChI is InChI=1S/C9H14N2O2/c1-2-11-6-8(10-7-11)4-3-5-9(12)13/h6-7H,2-5H2,1H3,(H,12,13). The molecule has 0 saturated heterocycles. The molecule has 4 heteroatoms. The number of hydrogen-bond acceptors (Lipinski definition) is 2. The molecule has 0 atom stereocenters. The first kappa shape index (κ1) is 9.77. The minimum Gasteiger partial charge on any atom is -0.481 e. The minimum atomic E-state index is -0.741. The van der Waals surface area contributed by atoms with Gasteiger partial charge in [-0.2, -0.15) is 0 Å². The molecule has 1 rings (SSSR count). The van der Waals surface area contributed by atoms with Crippen LogP contribution in [-0.4, -0.2) is 20.6 Å². The first-order chi connectivity index (χ1) is 6.22. The fourth-order valence-electron chi connectivity index (χ4n) is 1.13. The summed E-state index contributed by atoms with van der Waals surface area (Å²) < 4.78 is 1.98. The minimum absolute atomic E-state index is 0.221. The van der Waals surface area contributed by atoms with Gasteiger partial charge in [-0.3, -0.25) is 4.79 Å². The lowest BCUT2D eigenvalue weighted by Crippen LogP contribution is -1.96. The number of carboxylic acids is 1. The average molecular weight is 182 g/mol. The third kappa shape index (κ3) is 3.27. The van der Waals surface area contributed by atoms with Crippen LogP contribution in [-0.2, 0) is 17.8 Å². The molecule has 0 aliphatic carbocycles. The third-order valence-electron chi connectivity index (χ3n) is 1.88. The summed E-state index contributed by atoms with van der Waals surface area (Å²) in [6.07, 6.45) is 5.37. The van der Waals surface area contributed by atoms with Gasteiger partial charge >= 0.3 is 5.97 Å². The number of imidazole rings is 1. The van der Waals surface area contributed by atoms with E-state index in [1.54, 1.807) is 6.33 Å². The highest BCUT2D eigenvalue weighted by Gasteiger charge is 2.00. The van der Waals surface area contributed by atoms with E-state index in [9.17, 15) is 4.79 Å². The molecule has 13 heavy (non-hydrogen) atoms. The fourth-order valence-corrected chi connectivity index (χ4v) is 1.13. The molecule has 1 N–H and O–H groups in total. The number of aryl methyl sites for hydroxylation is 2. The van der Waals surface area contributed by atoms with Crippen LogP contribution in [0.2, 0.25) is 0 Å². The summed E-state index contributed by atoms with van der Waals surface area (Å²) in [6.45, 7) is 2.95. The first-order valence-electron chi connectivity index (χ1n) is 4.45. The second-order valence-corrected chi connectivity index (χ2v) is 2.94. The highest BCUT2D eigenvalue weighted by molar-refractivity contribution is 5.66. The van der Waals surface area contributed by atoms with Gasteiger partial charge in [0.1, 0.15) is 0 Å². The largest absolute Gasteiger partial charge is 0.481 e. The number of rotatable bonds is 5. The van der Waals surface area contributed by atoms with Crippen molar-refractivity contribution in [2.75, 3.05) is 0 Å². The van der Waals surface area contributed by atoms with E-state index >= 15 is 0 Å². The van der Waals surface area contributed by atoms with Crippen LogP contribution >= 0.6 is 0 Å². The molecule has 0 aromatic carbocycles. The highest BCUT2D eigenvalue weighted by atomic mass is 16.4. The Hall–Kier alpha value is -1.32. The smallest absolute Gasteiger partial charge is 0.303 e. The molecule has 1 aromatic rings. The first-order valence-corrected chi connectivity index (χ1v) is 4.45. The van der Waals surface area contributed by atoms with Crippen molar-refractivity contribution in [3.8, 4) is 0 Å². The number of carbonyl (C=O) groups is 1. The summed E-state index contributed by atoms with van der Waals surface area (Å²) in [6, 6.07) is 0. The Bertz CT molecular complexity index is 281. The number of aromatic nitrogens is 2. The Labute approximate surface area is 77.2 Å². The van der Waals surface area contributed by atoms with Crippen molar-refractivity contribution in [1.82, 2.24) is 9.55 Å².